The molecule has 8 heteroatoms. The third kappa shape index (κ3) is 6.99. The summed E-state index contributed by atoms with van der Waals surface area (Å²) >= 11 is 0. The van der Waals surface area contributed by atoms with E-state index in [1.54, 1.807) is 30.3 Å². The van der Waals surface area contributed by atoms with Gasteiger partial charge in [0, 0.05) is 17.5 Å². The van der Waals surface area contributed by atoms with E-state index in [4.69, 9.17) is 4.74 Å². The molecule has 1 aliphatic heterocycles. The number of carbonyl (C=O) groups excluding carboxylic acids is 1. The molecular formula is C34H36N2O5S. The number of ether oxygens (including phenoxy) is 1. The standard InChI is InChI=1S/C34H36N2O5S/c1-2-21-34(22-20-25-10-4-3-5-11-25)24-31(37)29(33(38)41-34)16-9-13-26-12-8-15-28(23-26)36-42(39,40)32-19-18-27-14-6-7-17-30(27)35-32/h3-8,10-12,14-15,17-19,23,36-37H,2,9,13,16,20-22,24H2,1H3. The highest BCUT2D eigenvalue weighted by atomic mass is 32.2. The molecular weight excluding hydrogens is 548 g/mol. The van der Waals surface area contributed by atoms with Crippen molar-refractivity contribution in [3.63, 3.8) is 0 Å². The number of pyridine rings is 1. The number of hydrogen-bond acceptors (Lipinski definition) is 6. The van der Waals surface area contributed by atoms with E-state index in [0.29, 0.717) is 55.3 Å². The van der Waals surface area contributed by atoms with Crippen LogP contribution in [0.4, 0.5) is 5.69 Å². The minimum atomic E-state index is -3.88. The third-order valence-electron chi connectivity index (χ3n) is 7.73. The summed E-state index contributed by atoms with van der Waals surface area (Å²) in [7, 11) is -3.88. The quantitative estimate of drug-likeness (QED) is 0.169. The van der Waals surface area contributed by atoms with Gasteiger partial charge in [0.15, 0.2) is 5.03 Å². The van der Waals surface area contributed by atoms with Crippen molar-refractivity contribution in [2.24, 2.45) is 0 Å². The fourth-order valence-electron chi connectivity index (χ4n) is 5.61. The number of cyclic esters (lactones) is 1. The Balaban J connectivity index is 1.21. The number of hydrogen-bond donors (Lipinski definition) is 2. The van der Waals surface area contributed by atoms with Crippen LogP contribution in [0.2, 0.25) is 0 Å². The van der Waals surface area contributed by atoms with Gasteiger partial charge in [-0.1, -0.05) is 74.0 Å². The molecule has 1 aliphatic rings. The van der Waals surface area contributed by atoms with Gasteiger partial charge in [-0.15, -0.1) is 0 Å². The fraction of sp³-hybridized carbons (Fsp3) is 0.294. The van der Waals surface area contributed by atoms with Crippen LogP contribution in [0, 0.1) is 0 Å². The van der Waals surface area contributed by atoms with Gasteiger partial charge >= 0.3 is 5.97 Å². The number of rotatable bonds is 12. The van der Waals surface area contributed by atoms with E-state index in [0.717, 1.165) is 23.8 Å². The van der Waals surface area contributed by atoms with Gasteiger partial charge in [-0.05, 0) is 80.0 Å². The smallest absolute Gasteiger partial charge is 0.337 e. The van der Waals surface area contributed by atoms with Crippen molar-refractivity contribution in [3.8, 4) is 0 Å². The molecule has 7 nitrogen and oxygen atoms in total. The van der Waals surface area contributed by atoms with Crippen LogP contribution in [0.5, 0.6) is 0 Å². The molecule has 0 aliphatic carbocycles. The van der Waals surface area contributed by atoms with Crippen LogP contribution >= 0.6 is 0 Å². The average molecular weight is 585 g/mol. The minimum Gasteiger partial charge on any atom is -0.512 e. The molecule has 0 amide bonds. The Labute approximate surface area is 247 Å². The lowest BCUT2D eigenvalue weighted by atomic mass is 9.83. The number of carbonyl (C=O) groups is 1. The third-order valence-corrected chi connectivity index (χ3v) is 9.01. The molecule has 0 bridgehead atoms. The molecule has 3 aromatic carbocycles. The minimum absolute atomic E-state index is 0.0484. The van der Waals surface area contributed by atoms with Gasteiger partial charge in [-0.2, -0.15) is 8.42 Å². The van der Waals surface area contributed by atoms with Gasteiger partial charge in [-0.3, -0.25) is 4.72 Å². The largest absolute Gasteiger partial charge is 0.512 e. The first-order valence-electron chi connectivity index (χ1n) is 14.4. The van der Waals surface area contributed by atoms with Gasteiger partial charge < -0.3 is 9.84 Å². The number of benzene rings is 3. The van der Waals surface area contributed by atoms with Gasteiger partial charge in [-0.25, -0.2) is 9.78 Å². The SMILES string of the molecule is CCCC1(CCc2ccccc2)CC(O)=C(CCCc2cccc(NS(=O)(=O)c3ccc4ccccc4n3)c2)C(=O)O1. The zero-order valence-electron chi connectivity index (χ0n) is 23.8. The number of aromatic nitrogens is 1. The first kappa shape index (κ1) is 29.3. The summed E-state index contributed by atoms with van der Waals surface area (Å²) in [6.07, 6.45) is 4.88. The summed E-state index contributed by atoms with van der Waals surface area (Å²) in [6.45, 7) is 2.06. The fourth-order valence-corrected chi connectivity index (χ4v) is 6.62. The second kappa shape index (κ2) is 12.8. The number of anilines is 1. The summed E-state index contributed by atoms with van der Waals surface area (Å²) in [4.78, 5) is 17.4. The first-order chi connectivity index (χ1) is 20.3. The number of aliphatic hydroxyl groups is 1. The Morgan fingerprint density at radius 1 is 0.881 bits per heavy atom. The molecule has 0 saturated carbocycles. The molecule has 1 aromatic heterocycles. The number of esters is 1. The van der Waals surface area contributed by atoms with Crippen molar-refractivity contribution < 1.29 is 23.1 Å². The number of aliphatic hydroxyl groups excluding tert-OH is 1. The Bertz CT molecular complexity index is 1700. The predicted molar refractivity (Wildman–Crippen MR) is 165 cm³/mol. The highest BCUT2D eigenvalue weighted by Gasteiger charge is 2.40. The maximum Gasteiger partial charge on any atom is 0.337 e. The average Bonchev–Trinajstić information content (AvgIpc) is 2.98. The summed E-state index contributed by atoms with van der Waals surface area (Å²) in [5.74, 6) is -0.318. The van der Waals surface area contributed by atoms with Crippen LogP contribution in [0.3, 0.4) is 0 Å². The Morgan fingerprint density at radius 3 is 2.43 bits per heavy atom. The maximum atomic E-state index is 13.1. The van der Waals surface area contributed by atoms with Crippen molar-refractivity contribution in [2.75, 3.05) is 4.72 Å². The topological polar surface area (TPSA) is 106 Å². The van der Waals surface area contributed by atoms with Crippen molar-refractivity contribution >= 4 is 32.6 Å². The molecule has 0 spiro atoms. The second-order valence-electron chi connectivity index (χ2n) is 10.9. The molecule has 42 heavy (non-hydrogen) atoms. The number of nitrogens with one attached hydrogen (secondary N) is 1. The Hall–Kier alpha value is -4.17. The highest BCUT2D eigenvalue weighted by Crippen LogP contribution is 2.38. The number of nitrogens with zero attached hydrogens (tertiary/aromatic N) is 1. The van der Waals surface area contributed by atoms with Gasteiger partial charge in [0.1, 0.15) is 11.4 Å². The molecule has 1 unspecified atom stereocenters. The van der Waals surface area contributed by atoms with Crippen LogP contribution in [0.15, 0.2) is 107 Å². The maximum absolute atomic E-state index is 13.1. The van der Waals surface area contributed by atoms with Crippen LogP contribution < -0.4 is 4.72 Å². The van der Waals surface area contributed by atoms with E-state index in [9.17, 15) is 18.3 Å². The van der Waals surface area contributed by atoms with Crippen molar-refractivity contribution in [1.82, 2.24) is 4.98 Å². The number of aryl methyl sites for hydroxylation is 2. The summed E-state index contributed by atoms with van der Waals surface area (Å²) < 4.78 is 34.7. The lowest BCUT2D eigenvalue weighted by Crippen LogP contribution is -2.40. The van der Waals surface area contributed by atoms with Gasteiger partial charge in [0.25, 0.3) is 10.0 Å². The number of fused-ring (bicyclic) bond motifs is 1. The van der Waals surface area contributed by atoms with E-state index in [1.165, 1.54) is 11.6 Å². The molecule has 0 fully saturated rings. The zero-order chi connectivity index (χ0) is 29.6. The lowest BCUT2D eigenvalue weighted by Gasteiger charge is -2.37. The summed E-state index contributed by atoms with van der Waals surface area (Å²) in [6, 6.07) is 27.9. The lowest BCUT2D eigenvalue weighted by molar-refractivity contribution is -0.161. The summed E-state index contributed by atoms with van der Waals surface area (Å²) in [5.41, 5.74) is 2.77. The van der Waals surface area contributed by atoms with Crippen LogP contribution in [-0.2, 0) is 32.4 Å². The molecule has 4 aromatic rings. The van der Waals surface area contributed by atoms with Gasteiger partial charge in [0.05, 0.1) is 11.1 Å². The molecule has 0 saturated heterocycles. The van der Waals surface area contributed by atoms with Crippen LogP contribution in [0.25, 0.3) is 10.9 Å². The molecule has 1 atom stereocenters. The number of sulfonamides is 1. The van der Waals surface area contributed by atoms with E-state index < -0.39 is 21.6 Å². The first-order valence-corrected chi connectivity index (χ1v) is 15.9. The molecule has 2 N–H and O–H groups in total. The van der Waals surface area contributed by atoms with Crippen LogP contribution in [-0.4, -0.2) is 30.1 Å². The molecule has 218 valence electrons. The van der Waals surface area contributed by atoms with Gasteiger partial charge in [0.2, 0.25) is 0 Å². The predicted octanol–water partition coefficient (Wildman–Crippen LogP) is 7.29. The Morgan fingerprint density at radius 2 is 1.64 bits per heavy atom. The normalized spacial score (nSPS) is 17.3. The molecule has 0 radical (unpaired) electrons. The van der Waals surface area contributed by atoms with E-state index in [2.05, 4.69) is 28.8 Å². The Kier molecular flexibility index (Phi) is 8.92. The number of para-hydroxylation sites is 1. The molecule has 2 heterocycles. The van der Waals surface area contributed by atoms with E-state index >= 15 is 0 Å². The highest BCUT2D eigenvalue weighted by molar-refractivity contribution is 7.92. The van der Waals surface area contributed by atoms with Crippen molar-refractivity contribution in [1.29, 1.82) is 0 Å². The van der Waals surface area contributed by atoms with Crippen molar-refractivity contribution in [3.05, 3.63) is 113 Å². The van der Waals surface area contributed by atoms with E-state index in [-0.39, 0.29) is 10.8 Å². The zero-order valence-corrected chi connectivity index (χ0v) is 24.6. The van der Waals surface area contributed by atoms with Crippen LogP contribution in [0.1, 0.15) is 56.6 Å². The summed E-state index contributed by atoms with van der Waals surface area (Å²) in [5, 5.41) is 11.8. The molecule has 5 rings (SSSR count). The van der Waals surface area contributed by atoms with Crippen molar-refractivity contribution in [2.45, 2.75) is 68.9 Å². The monoisotopic (exact) mass is 584 g/mol. The van der Waals surface area contributed by atoms with E-state index in [1.807, 2.05) is 42.5 Å². The second-order valence-corrected chi connectivity index (χ2v) is 12.5.